The summed E-state index contributed by atoms with van der Waals surface area (Å²) in [5, 5.41) is 29.0. The third kappa shape index (κ3) is 14.3. The number of nitrogens with zero attached hydrogens (tertiary/aromatic N) is 5. The maximum Gasteiger partial charge on any atom is 0.418 e. The van der Waals surface area contributed by atoms with Crippen molar-refractivity contribution < 1.29 is 90.9 Å². The van der Waals surface area contributed by atoms with Crippen LogP contribution >= 0.6 is 0 Å². The number of amides is 2. The number of pyridine rings is 3. The Morgan fingerprint density at radius 2 is 1.11 bits per heavy atom. The highest BCUT2D eigenvalue weighted by Crippen LogP contribution is 2.41. The van der Waals surface area contributed by atoms with Crippen molar-refractivity contribution in [2.24, 2.45) is 0 Å². The normalized spacial score (nSPS) is 13.4. The molecule has 29 heteroatoms. The number of carbonyl (C=O) groups is 4. The molecule has 0 radical (unpaired) electrons. The molecule has 0 aliphatic rings. The van der Waals surface area contributed by atoms with Crippen LogP contribution in [0, 0.1) is 42.9 Å². The van der Waals surface area contributed by atoms with Gasteiger partial charge < -0.3 is 31.5 Å². The first kappa shape index (κ1) is 65.4. The summed E-state index contributed by atoms with van der Waals surface area (Å²) in [7, 11) is 0. The second kappa shape index (κ2) is 25.8. The van der Waals surface area contributed by atoms with E-state index in [0.717, 1.165) is 50.5 Å². The Bertz CT molecular complexity index is 4310. The number of aliphatic carboxylic acids is 2. The van der Waals surface area contributed by atoms with Gasteiger partial charge in [-0.3, -0.25) is 24.5 Å². The Balaban J connectivity index is 0.961. The number of aryl methyl sites for hydroxylation is 3. The van der Waals surface area contributed by atoms with E-state index in [1.54, 1.807) is 13.0 Å². The number of fused-ring (bicyclic) bond motifs is 3. The molecule has 0 fully saturated rings. The quantitative estimate of drug-likeness (QED) is 0.0392. The zero-order valence-corrected chi connectivity index (χ0v) is 47.3. The van der Waals surface area contributed by atoms with Gasteiger partial charge in [-0.2, -0.15) is 39.5 Å². The van der Waals surface area contributed by atoms with E-state index >= 15 is 17.6 Å². The van der Waals surface area contributed by atoms with Crippen LogP contribution in [-0.2, 0) is 35.0 Å². The summed E-state index contributed by atoms with van der Waals surface area (Å²) in [6.45, 7) is 3.95. The zero-order chi connectivity index (χ0) is 66.2. The van der Waals surface area contributed by atoms with Crippen molar-refractivity contribution in [3.63, 3.8) is 0 Å². The van der Waals surface area contributed by atoms with E-state index in [0.29, 0.717) is 51.8 Å². The molecular formula is C62H47F14N9O6. The lowest BCUT2D eigenvalue weighted by Crippen LogP contribution is -2.43. The molecule has 4 atom stereocenters. The molecule has 91 heavy (non-hydrogen) atoms. The summed E-state index contributed by atoms with van der Waals surface area (Å²) >= 11 is 0. The minimum atomic E-state index is -5.21. The van der Waals surface area contributed by atoms with Crippen LogP contribution in [0.15, 0.2) is 110 Å². The molecule has 9 rings (SSSR count). The van der Waals surface area contributed by atoms with Crippen molar-refractivity contribution in [2.75, 3.05) is 10.6 Å². The number of aromatic nitrogens is 5. The number of carbonyl (C=O) groups excluding carboxylic acids is 2. The Kier molecular flexibility index (Phi) is 18.5. The minimum Gasteiger partial charge on any atom is -0.480 e. The predicted octanol–water partition coefficient (Wildman–Crippen LogP) is 13.4. The summed E-state index contributed by atoms with van der Waals surface area (Å²) in [5.74, 6) is -14.1. The number of hydrogen-bond donors (Lipinski definition) is 6. The molecule has 4 heterocycles. The molecule has 15 nitrogen and oxygen atoms in total. The Morgan fingerprint density at radius 3 is 1.65 bits per heavy atom. The van der Waals surface area contributed by atoms with Crippen LogP contribution < -0.4 is 21.3 Å². The maximum atomic E-state index is 15.9. The lowest BCUT2D eigenvalue weighted by atomic mass is 9.93. The Morgan fingerprint density at radius 1 is 0.571 bits per heavy atom. The number of carboxylic acid groups (broad SMARTS) is 2. The highest BCUT2D eigenvalue weighted by atomic mass is 19.4. The van der Waals surface area contributed by atoms with E-state index in [4.69, 9.17) is 0 Å². The van der Waals surface area contributed by atoms with E-state index in [-0.39, 0.29) is 50.1 Å². The number of anilines is 2. The number of hydrogen-bond acceptors (Lipinski definition) is 11. The zero-order valence-electron chi connectivity index (χ0n) is 47.3. The third-order valence-corrected chi connectivity index (χ3v) is 14.8. The van der Waals surface area contributed by atoms with Gasteiger partial charge in [0.2, 0.25) is 0 Å². The van der Waals surface area contributed by atoms with E-state index in [1.165, 1.54) is 42.6 Å². The molecule has 9 aromatic rings. The molecule has 0 saturated heterocycles. The van der Waals surface area contributed by atoms with E-state index in [1.807, 2.05) is 16.0 Å². The smallest absolute Gasteiger partial charge is 0.418 e. The van der Waals surface area contributed by atoms with Crippen LogP contribution in [0.4, 0.5) is 72.8 Å². The molecule has 0 aliphatic heterocycles. The highest BCUT2D eigenvalue weighted by molar-refractivity contribution is 6.00. The van der Waals surface area contributed by atoms with Crippen LogP contribution in [0.1, 0.15) is 74.0 Å². The first-order valence-electron chi connectivity index (χ1n) is 27.3. The second-order valence-electron chi connectivity index (χ2n) is 21.0. The molecule has 4 aromatic heterocycles. The summed E-state index contributed by atoms with van der Waals surface area (Å²) in [5.41, 5.74) is -5.76. The number of nitrogens with one attached hydrogen (secondary N) is 4. The fraction of sp³-hybridized carbons (Fsp3) is 0.242. The van der Waals surface area contributed by atoms with E-state index in [9.17, 15) is 73.3 Å². The first-order chi connectivity index (χ1) is 42.8. The monoisotopic (exact) mass is 1280 g/mol. The van der Waals surface area contributed by atoms with Gasteiger partial charge in [-0.05, 0) is 116 Å². The molecular weight excluding hydrogens is 1230 g/mol. The number of carboxylic acids is 2. The third-order valence-electron chi connectivity index (χ3n) is 14.8. The van der Waals surface area contributed by atoms with Crippen molar-refractivity contribution >= 4 is 67.8 Å². The van der Waals surface area contributed by atoms with Crippen molar-refractivity contribution in [3.05, 3.63) is 183 Å². The first-order valence-corrected chi connectivity index (χ1v) is 27.3. The van der Waals surface area contributed by atoms with Gasteiger partial charge in [0.05, 0.1) is 27.8 Å². The van der Waals surface area contributed by atoms with Gasteiger partial charge in [0.15, 0.2) is 5.82 Å². The molecule has 2 amide bonds. The molecule has 474 valence electrons. The standard InChI is InChI=1S/C62H47F14N9O6/c1-4-47(60(68,69)70)81-33-22-40(64)49(41(65)23-33)57(87)85-46(59(90)91)20-31-8-11-37(54-51(62(74,75)76)27(2)15-17-78-54)53-39(31)18-29(26-79-53)7-14-48(61(71,72)73)82-34-24-42(66)50(43(67)25-34)56(86)84-45(58(88)89)19-30-9-12-38(52-36(30)6-5-16-77-52)55-80-28(3)35-13-10-32(63)21-44(35)83-55/h5-6,8-13,15-18,21-26,45-48,81-82H,4,7,14,19-20H2,1-3H3,(H,84,86)(H,85,87)(H,88,89)(H,90,91)/t45-,46-,47+,48+/m0/s1. The molecule has 0 unspecified atom stereocenters. The molecule has 6 N–H and O–H groups in total. The summed E-state index contributed by atoms with van der Waals surface area (Å²) in [6.07, 6.45) is -15.2. The fourth-order valence-electron chi connectivity index (χ4n) is 10.4. The van der Waals surface area contributed by atoms with Gasteiger partial charge in [-0.1, -0.05) is 31.2 Å². The summed E-state index contributed by atoms with van der Waals surface area (Å²) in [6, 6.07) is 6.93. The van der Waals surface area contributed by atoms with Crippen LogP contribution in [0.5, 0.6) is 0 Å². The van der Waals surface area contributed by atoms with Gasteiger partial charge >= 0.3 is 30.5 Å². The average Bonchev–Trinajstić information content (AvgIpc) is 0.785. The van der Waals surface area contributed by atoms with Gasteiger partial charge in [0, 0.05) is 81.9 Å². The van der Waals surface area contributed by atoms with Crippen LogP contribution in [0.3, 0.4) is 0 Å². The van der Waals surface area contributed by atoms with Crippen molar-refractivity contribution in [1.29, 1.82) is 0 Å². The molecule has 0 spiro atoms. The van der Waals surface area contributed by atoms with Crippen LogP contribution in [-0.4, -0.2) is 95.4 Å². The van der Waals surface area contributed by atoms with Crippen LogP contribution in [0.2, 0.25) is 0 Å². The second-order valence-corrected chi connectivity index (χ2v) is 21.0. The molecule has 0 saturated carbocycles. The molecule has 5 aromatic carbocycles. The van der Waals surface area contributed by atoms with E-state index in [2.05, 4.69) is 30.2 Å². The van der Waals surface area contributed by atoms with Crippen molar-refractivity contribution in [2.45, 2.75) is 95.6 Å². The van der Waals surface area contributed by atoms with Gasteiger partial charge in [-0.15, -0.1) is 0 Å². The lowest BCUT2D eigenvalue weighted by Gasteiger charge is -2.23. The SMILES string of the molecule is CC[C@@H](Nc1cc(F)c(C(=O)N[C@@H](Cc2ccc(-c3nccc(C)c3C(F)(F)F)c3ncc(CC[C@@H](Nc4cc(F)c(C(=O)N[C@@H](Cc5ccc(-c6nc(C)c7ccc(F)cc7n6)c6ncccc56)C(=O)O)c(F)c4)C(F)(F)F)cc23)C(=O)O)c(F)c1)C(F)(F)F. The molecule has 0 bridgehead atoms. The van der Waals surface area contributed by atoms with Gasteiger partial charge in [0.25, 0.3) is 11.8 Å². The topological polar surface area (TPSA) is 221 Å². The highest BCUT2D eigenvalue weighted by Gasteiger charge is 2.41. The molecule has 0 aliphatic carbocycles. The summed E-state index contributed by atoms with van der Waals surface area (Å²) in [4.78, 5) is 73.8. The van der Waals surface area contributed by atoms with Crippen LogP contribution in [0.25, 0.3) is 55.4 Å². The Labute approximate surface area is 505 Å². The average molecular weight is 1280 g/mol. The number of alkyl halides is 9. The number of benzene rings is 5. The summed E-state index contributed by atoms with van der Waals surface area (Å²) < 4.78 is 205. The Hall–Kier alpha value is -10.1. The van der Waals surface area contributed by atoms with Gasteiger partial charge in [0.1, 0.15) is 64.4 Å². The predicted molar refractivity (Wildman–Crippen MR) is 303 cm³/mol. The largest absolute Gasteiger partial charge is 0.480 e. The number of halogens is 14. The maximum absolute atomic E-state index is 15.9. The fourth-order valence-corrected chi connectivity index (χ4v) is 10.4. The number of rotatable bonds is 20. The van der Waals surface area contributed by atoms with Gasteiger partial charge in [-0.25, -0.2) is 41.5 Å². The van der Waals surface area contributed by atoms with Crippen molar-refractivity contribution in [1.82, 2.24) is 35.6 Å². The minimum absolute atomic E-state index is 0.107. The lowest BCUT2D eigenvalue weighted by molar-refractivity contribution is -0.144. The van der Waals surface area contributed by atoms with E-state index < -0.39 is 161 Å². The van der Waals surface area contributed by atoms with Crippen molar-refractivity contribution in [3.8, 4) is 22.6 Å².